The summed E-state index contributed by atoms with van der Waals surface area (Å²) < 4.78 is 10.8. The molecule has 0 bridgehead atoms. The summed E-state index contributed by atoms with van der Waals surface area (Å²) in [6.45, 7) is 4.51. The topological polar surface area (TPSA) is 73.6 Å². The summed E-state index contributed by atoms with van der Waals surface area (Å²) in [7, 11) is 0. The zero-order valence-electron chi connectivity index (χ0n) is 12.5. The summed E-state index contributed by atoms with van der Waals surface area (Å²) in [5, 5.41) is 2.92. The highest BCUT2D eigenvalue weighted by Gasteiger charge is 2.44. The lowest BCUT2D eigenvalue weighted by Gasteiger charge is -2.25. The van der Waals surface area contributed by atoms with Gasteiger partial charge in [-0.05, 0) is 18.9 Å². The molecule has 2 unspecified atom stereocenters. The number of nitrogens with one attached hydrogen (secondary N) is 1. The second-order valence-corrected chi connectivity index (χ2v) is 5.69. The van der Waals surface area contributed by atoms with Crippen LogP contribution in [0.1, 0.15) is 18.9 Å². The summed E-state index contributed by atoms with van der Waals surface area (Å²) in [6.07, 6.45) is 0.782. The van der Waals surface area contributed by atoms with Crippen molar-refractivity contribution in [3.8, 4) is 0 Å². The molecule has 1 saturated heterocycles. The first-order chi connectivity index (χ1) is 10.1. The first-order valence-corrected chi connectivity index (χ1v) is 7.36. The molecule has 116 valence electrons. The quantitative estimate of drug-likeness (QED) is 0.737. The molecule has 1 amide bonds. The van der Waals surface area contributed by atoms with Crippen LogP contribution >= 0.6 is 0 Å². The van der Waals surface area contributed by atoms with E-state index >= 15 is 0 Å². The average Bonchev–Trinajstić information content (AvgIpc) is 2.84. The highest BCUT2D eigenvalue weighted by molar-refractivity contribution is 5.83. The van der Waals surface area contributed by atoms with Crippen molar-refractivity contribution in [3.05, 3.63) is 35.9 Å². The van der Waals surface area contributed by atoms with E-state index in [0.29, 0.717) is 33.0 Å². The average molecular weight is 292 g/mol. The maximum atomic E-state index is 12.1. The lowest BCUT2D eigenvalue weighted by Crippen LogP contribution is -2.50. The van der Waals surface area contributed by atoms with E-state index in [9.17, 15) is 4.79 Å². The summed E-state index contributed by atoms with van der Waals surface area (Å²) in [5.41, 5.74) is 6.47. The number of carbonyl (C=O) groups is 1. The number of ether oxygens (including phenoxy) is 2. The van der Waals surface area contributed by atoms with Crippen molar-refractivity contribution >= 4 is 5.91 Å². The maximum Gasteiger partial charge on any atom is 0.229 e. The predicted octanol–water partition coefficient (Wildman–Crippen LogP) is 1.07. The largest absolute Gasteiger partial charge is 0.379 e. The van der Waals surface area contributed by atoms with Gasteiger partial charge >= 0.3 is 0 Å². The SMILES string of the molecule is CC1(C(=O)NCCCOCc2ccccc2)COCC1N. The van der Waals surface area contributed by atoms with Gasteiger partial charge < -0.3 is 20.5 Å². The Morgan fingerprint density at radius 3 is 2.90 bits per heavy atom. The van der Waals surface area contributed by atoms with Crippen molar-refractivity contribution in [1.82, 2.24) is 5.32 Å². The second-order valence-electron chi connectivity index (χ2n) is 5.69. The highest BCUT2D eigenvalue weighted by atomic mass is 16.5. The van der Waals surface area contributed by atoms with Crippen LogP contribution < -0.4 is 11.1 Å². The molecule has 2 rings (SSSR count). The molecule has 0 aromatic heterocycles. The van der Waals surface area contributed by atoms with Crippen LogP contribution in [-0.4, -0.2) is 38.3 Å². The Bertz CT molecular complexity index is 452. The molecule has 0 aliphatic carbocycles. The number of carbonyl (C=O) groups excluding carboxylic acids is 1. The minimum atomic E-state index is -0.606. The van der Waals surface area contributed by atoms with E-state index in [-0.39, 0.29) is 11.9 Å². The smallest absolute Gasteiger partial charge is 0.229 e. The first kappa shape index (κ1) is 15.9. The monoisotopic (exact) mass is 292 g/mol. The molecule has 3 N–H and O–H groups in total. The zero-order chi connectivity index (χ0) is 15.1. The lowest BCUT2D eigenvalue weighted by molar-refractivity contribution is -0.130. The third-order valence-electron chi connectivity index (χ3n) is 3.90. The predicted molar refractivity (Wildman–Crippen MR) is 80.6 cm³/mol. The fraction of sp³-hybridized carbons (Fsp3) is 0.562. The molecule has 1 aromatic rings. The maximum absolute atomic E-state index is 12.1. The molecule has 0 spiro atoms. The molecule has 0 radical (unpaired) electrons. The van der Waals surface area contributed by atoms with Crippen molar-refractivity contribution in [2.45, 2.75) is 26.0 Å². The number of amides is 1. The molecular formula is C16H24N2O3. The van der Waals surface area contributed by atoms with Gasteiger partial charge in [0, 0.05) is 19.2 Å². The number of rotatable bonds is 7. The third kappa shape index (κ3) is 4.27. The van der Waals surface area contributed by atoms with Gasteiger partial charge in [0.25, 0.3) is 0 Å². The first-order valence-electron chi connectivity index (χ1n) is 7.36. The van der Waals surface area contributed by atoms with Crippen molar-refractivity contribution < 1.29 is 14.3 Å². The van der Waals surface area contributed by atoms with E-state index in [1.165, 1.54) is 0 Å². The molecule has 1 heterocycles. The van der Waals surface area contributed by atoms with E-state index in [1.54, 1.807) is 0 Å². The van der Waals surface area contributed by atoms with E-state index in [2.05, 4.69) is 5.32 Å². The molecule has 1 aliphatic rings. The molecule has 0 saturated carbocycles. The van der Waals surface area contributed by atoms with Crippen LogP contribution in [0.2, 0.25) is 0 Å². The third-order valence-corrected chi connectivity index (χ3v) is 3.90. The van der Waals surface area contributed by atoms with Gasteiger partial charge in [0.2, 0.25) is 5.91 Å². The van der Waals surface area contributed by atoms with E-state index in [1.807, 2.05) is 37.3 Å². The summed E-state index contributed by atoms with van der Waals surface area (Å²) in [4.78, 5) is 12.1. The van der Waals surface area contributed by atoms with Crippen molar-refractivity contribution in [2.24, 2.45) is 11.1 Å². The fourth-order valence-electron chi connectivity index (χ4n) is 2.27. The van der Waals surface area contributed by atoms with Crippen LogP contribution in [0.4, 0.5) is 0 Å². The van der Waals surface area contributed by atoms with Gasteiger partial charge in [-0.3, -0.25) is 4.79 Å². The standard InChI is InChI=1S/C16H24N2O3/c1-16(12-21-11-14(16)17)15(19)18-8-5-9-20-10-13-6-3-2-4-7-13/h2-4,6-7,14H,5,8-12,17H2,1H3,(H,18,19). The molecular weight excluding hydrogens is 268 g/mol. The van der Waals surface area contributed by atoms with Gasteiger partial charge in [0.05, 0.1) is 25.2 Å². The van der Waals surface area contributed by atoms with Crippen LogP contribution in [0.5, 0.6) is 0 Å². The second kappa shape index (κ2) is 7.54. The fourth-order valence-corrected chi connectivity index (χ4v) is 2.27. The Balaban J connectivity index is 1.58. The van der Waals surface area contributed by atoms with Crippen LogP contribution in [-0.2, 0) is 20.9 Å². The lowest BCUT2D eigenvalue weighted by atomic mass is 9.85. The van der Waals surface area contributed by atoms with Gasteiger partial charge in [-0.15, -0.1) is 0 Å². The Labute approximate surface area is 125 Å². The van der Waals surface area contributed by atoms with Crippen LogP contribution in [0, 0.1) is 5.41 Å². The minimum Gasteiger partial charge on any atom is -0.379 e. The van der Waals surface area contributed by atoms with E-state index < -0.39 is 5.41 Å². The summed E-state index contributed by atoms with van der Waals surface area (Å²) in [6, 6.07) is 9.80. The number of hydrogen-bond donors (Lipinski definition) is 2. The number of benzene rings is 1. The van der Waals surface area contributed by atoms with Crippen LogP contribution in [0.25, 0.3) is 0 Å². The zero-order valence-corrected chi connectivity index (χ0v) is 12.5. The minimum absolute atomic E-state index is 0.0319. The van der Waals surface area contributed by atoms with Crippen molar-refractivity contribution in [3.63, 3.8) is 0 Å². The molecule has 1 aromatic carbocycles. The van der Waals surface area contributed by atoms with Gasteiger partial charge in [0.1, 0.15) is 0 Å². The van der Waals surface area contributed by atoms with Crippen LogP contribution in [0.3, 0.4) is 0 Å². The molecule has 2 atom stereocenters. The van der Waals surface area contributed by atoms with Gasteiger partial charge in [-0.25, -0.2) is 0 Å². The van der Waals surface area contributed by atoms with Gasteiger partial charge in [-0.2, -0.15) is 0 Å². The number of hydrogen-bond acceptors (Lipinski definition) is 4. The van der Waals surface area contributed by atoms with Gasteiger partial charge in [-0.1, -0.05) is 30.3 Å². The van der Waals surface area contributed by atoms with E-state index in [4.69, 9.17) is 15.2 Å². The highest BCUT2D eigenvalue weighted by Crippen LogP contribution is 2.26. The molecule has 1 fully saturated rings. The van der Waals surface area contributed by atoms with Crippen molar-refractivity contribution in [1.29, 1.82) is 0 Å². The summed E-state index contributed by atoms with van der Waals surface area (Å²) in [5.74, 6) is -0.0319. The molecule has 5 nitrogen and oxygen atoms in total. The Hall–Kier alpha value is -1.43. The molecule has 5 heteroatoms. The Morgan fingerprint density at radius 2 is 2.24 bits per heavy atom. The van der Waals surface area contributed by atoms with Gasteiger partial charge in [0.15, 0.2) is 0 Å². The summed E-state index contributed by atoms with van der Waals surface area (Å²) >= 11 is 0. The Morgan fingerprint density at radius 1 is 1.48 bits per heavy atom. The van der Waals surface area contributed by atoms with E-state index in [0.717, 1.165) is 12.0 Å². The number of nitrogens with two attached hydrogens (primary N) is 1. The molecule has 21 heavy (non-hydrogen) atoms. The van der Waals surface area contributed by atoms with Crippen LogP contribution in [0.15, 0.2) is 30.3 Å². The Kier molecular flexibility index (Phi) is 5.73. The molecule has 1 aliphatic heterocycles. The van der Waals surface area contributed by atoms with Crippen molar-refractivity contribution in [2.75, 3.05) is 26.4 Å². The normalized spacial score (nSPS) is 25.0.